The second kappa shape index (κ2) is 10.4. The molecule has 2 heterocycles. The number of benzene rings is 1. The molecular formula is C21H24N4O3S2. The van der Waals surface area contributed by atoms with E-state index in [1.54, 1.807) is 18.3 Å². The minimum Gasteiger partial charge on any atom is -0.452 e. The molecule has 1 N–H and O–H groups in total. The molecular weight excluding hydrogens is 420 g/mol. The highest BCUT2D eigenvalue weighted by Gasteiger charge is 2.20. The number of hydrogen-bond acceptors (Lipinski definition) is 7. The van der Waals surface area contributed by atoms with Crippen LogP contribution in [0.25, 0.3) is 10.7 Å². The maximum atomic E-state index is 12.3. The van der Waals surface area contributed by atoms with Crippen molar-refractivity contribution in [3.05, 3.63) is 47.3 Å². The van der Waals surface area contributed by atoms with E-state index in [9.17, 15) is 9.59 Å². The lowest BCUT2D eigenvalue weighted by Crippen LogP contribution is -2.30. The number of aromatic nitrogens is 3. The average Bonchev–Trinajstić information content (AvgIpc) is 3.42. The van der Waals surface area contributed by atoms with Gasteiger partial charge in [-0.3, -0.25) is 9.59 Å². The zero-order valence-electron chi connectivity index (χ0n) is 17.1. The van der Waals surface area contributed by atoms with Gasteiger partial charge < -0.3 is 14.6 Å². The number of thioether (sulfide) groups is 1. The molecule has 0 spiro atoms. The van der Waals surface area contributed by atoms with Gasteiger partial charge in [-0.15, -0.1) is 21.5 Å². The van der Waals surface area contributed by atoms with Gasteiger partial charge in [-0.05, 0) is 49.4 Å². The summed E-state index contributed by atoms with van der Waals surface area (Å²) >= 11 is 2.84. The number of ether oxygens (including phenoxy) is 1. The topological polar surface area (TPSA) is 86.1 Å². The van der Waals surface area contributed by atoms with Crippen molar-refractivity contribution in [1.29, 1.82) is 0 Å². The van der Waals surface area contributed by atoms with Gasteiger partial charge in [0.1, 0.15) is 0 Å². The molecule has 2 aromatic heterocycles. The highest BCUT2D eigenvalue weighted by molar-refractivity contribution is 7.99. The summed E-state index contributed by atoms with van der Waals surface area (Å²) in [6.45, 7) is 6.32. The van der Waals surface area contributed by atoms with Crippen molar-refractivity contribution in [3.63, 3.8) is 0 Å². The van der Waals surface area contributed by atoms with Gasteiger partial charge in [0.15, 0.2) is 17.1 Å². The van der Waals surface area contributed by atoms with Crippen LogP contribution in [0.1, 0.15) is 26.3 Å². The highest BCUT2D eigenvalue weighted by atomic mass is 32.2. The van der Waals surface area contributed by atoms with Crippen molar-refractivity contribution >= 4 is 40.7 Å². The second-order valence-corrected chi connectivity index (χ2v) is 8.38. The van der Waals surface area contributed by atoms with Crippen LogP contribution in [-0.4, -0.2) is 38.5 Å². The molecule has 1 aromatic carbocycles. The first kappa shape index (κ1) is 22.0. The Morgan fingerprint density at radius 3 is 2.60 bits per heavy atom. The molecule has 0 aliphatic heterocycles. The zero-order chi connectivity index (χ0) is 21.5. The molecule has 0 bridgehead atoms. The number of nitrogens with zero attached hydrogens (tertiary/aromatic N) is 3. The molecule has 0 aliphatic rings. The van der Waals surface area contributed by atoms with Gasteiger partial charge in [0.05, 0.1) is 10.6 Å². The number of hydrogen-bond donors (Lipinski definition) is 1. The van der Waals surface area contributed by atoms with Crippen LogP contribution in [0.2, 0.25) is 0 Å². The Balaban J connectivity index is 1.52. The first-order valence-corrected chi connectivity index (χ1v) is 11.6. The van der Waals surface area contributed by atoms with E-state index in [1.165, 1.54) is 17.3 Å². The SMILES string of the molecule is CCc1ccc(NC(=O)C(C)OC(=O)CSc2nnc(-c3cccs3)n2CC)cc1. The van der Waals surface area contributed by atoms with Crippen molar-refractivity contribution in [1.82, 2.24) is 14.8 Å². The molecule has 3 rings (SSSR count). The molecule has 0 aliphatic carbocycles. The summed E-state index contributed by atoms with van der Waals surface area (Å²) < 4.78 is 7.23. The first-order valence-electron chi connectivity index (χ1n) is 9.71. The number of thiophene rings is 1. The largest absolute Gasteiger partial charge is 0.452 e. The fourth-order valence-electron chi connectivity index (χ4n) is 2.74. The number of esters is 1. The molecule has 30 heavy (non-hydrogen) atoms. The second-order valence-electron chi connectivity index (χ2n) is 6.49. The fraction of sp³-hybridized carbons (Fsp3) is 0.333. The van der Waals surface area contributed by atoms with Crippen LogP contribution in [0.4, 0.5) is 5.69 Å². The van der Waals surface area contributed by atoms with E-state index in [0.29, 0.717) is 17.4 Å². The molecule has 0 saturated heterocycles. The number of aryl methyl sites for hydroxylation is 1. The maximum absolute atomic E-state index is 12.3. The predicted molar refractivity (Wildman–Crippen MR) is 120 cm³/mol. The predicted octanol–water partition coefficient (Wildman–Crippen LogP) is 4.25. The molecule has 7 nitrogen and oxygen atoms in total. The minimum absolute atomic E-state index is 0.0470. The van der Waals surface area contributed by atoms with Gasteiger partial charge >= 0.3 is 5.97 Å². The number of nitrogens with one attached hydrogen (secondary N) is 1. The Hall–Kier alpha value is -2.65. The molecule has 0 fully saturated rings. The van der Waals surface area contributed by atoms with Crippen molar-refractivity contribution in [2.75, 3.05) is 11.1 Å². The standard InChI is InChI=1S/C21H24N4O3S2/c1-4-15-8-10-16(11-9-15)22-20(27)14(3)28-18(26)13-30-21-24-23-19(25(21)5-2)17-7-6-12-29-17/h6-12,14H,4-5,13H2,1-3H3,(H,22,27). The molecule has 0 radical (unpaired) electrons. The Morgan fingerprint density at radius 2 is 1.97 bits per heavy atom. The molecule has 158 valence electrons. The van der Waals surface area contributed by atoms with Crippen LogP contribution >= 0.6 is 23.1 Å². The van der Waals surface area contributed by atoms with E-state index < -0.39 is 12.1 Å². The number of carbonyl (C=O) groups is 2. The van der Waals surface area contributed by atoms with Gasteiger partial charge in [-0.1, -0.05) is 36.9 Å². The molecule has 3 aromatic rings. The molecule has 1 atom stereocenters. The minimum atomic E-state index is -0.894. The van der Waals surface area contributed by atoms with Crippen LogP contribution in [0.15, 0.2) is 46.9 Å². The number of anilines is 1. The van der Waals surface area contributed by atoms with Crippen molar-refractivity contribution in [3.8, 4) is 10.7 Å². The van der Waals surface area contributed by atoms with Gasteiger partial charge in [-0.2, -0.15) is 0 Å². The van der Waals surface area contributed by atoms with Crippen molar-refractivity contribution < 1.29 is 14.3 Å². The third-order valence-corrected chi connectivity index (χ3v) is 6.21. The number of amides is 1. The first-order chi connectivity index (χ1) is 14.5. The summed E-state index contributed by atoms with van der Waals surface area (Å²) in [6, 6.07) is 11.5. The quantitative estimate of drug-likeness (QED) is 0.392. The fourth-order valence-corrected chi connectivity index (χ4v) is 4.25. The monoisotopic (exact) mass is 444 g/mol. The lowest BCUT2D eigenvalue weighted by molar-refractivity contribution is -0.150. The van der Waals surface area contributed by atoms with Crippen LogP contribution in [0.3, 0.4) is 0 Å². The smallest absolute Gasteiger partial charge is 0.317 e. The summed E-state index contributed by atoms with van der Waals surface area (Å²) in [6.07, 6.45) is 0.0373. The summed E-state index contributed by atoms with van der Waals surface area (Å²) in [5.74, 6) is -0.0161. The normalized spacial score (nSPS) is 11.8. The van der Waals surface area contributed by atoms with Crippen LogP contribution in [0.5, 0.6) is 0 Å². The van der Waals surface area contributed by atoms with Crippen molar-refractivity contribution in [2.45, 2.75) is 45.0 Å². The lowest BCUT2D eigenvalue weighted by Gasteiger charge is -2.13. The summed E-state index contributed by atoms with van der Waals surface area (Å²) in [5, 5.41) is 13.8. The Labute approximate surface area is 183 Å². The Morgan fingerprint density at radius 1 is 1.20 bits per heavy atom. The van der Waals surface area contributed by atoms with Gasteiger partial charge in [0.25, 0.3) is 5.91 Å². The average molecular weight is 445 g/mol. The summed E-state index contributed by atoms with van der Waals surface area (Å²) in [5.41, 5.74) is 1.86. The lowest BCUT2D eigenvalue weighted by atomic mass is 10.1. The van der Waals surface area contributed by atoms with Crippen LogP contribution in [-0.2, 0) is 27.3 Å². The summed E-state index contributed by atoms with van der Waals surface area (Å²) in [7, 11) is 0. The molecule has 1 amide bonds. The van der Waals surface area contributed by atoms with E-state index in [4.69, 9.17) is 4.74 Å². The van der Waals surface area contributed by atoms with E-state index in [-0.39, 0.29) is 11.7 Å². The highest BCUT2D eigenvalue weighted by Crippen LogP contribution is 2.27. The number of carbonyl (C=O) groups excluding carboxylic acids is 2. The third-order valence-electron chi connectivity index (χ3n) is 4.40. The zero-order valence-corrected chi connectivity index (χ0v) is 18.8. The van der Waals surface area contributed by atoms with E-state index >= 15 is 0 Å². The Kier molecular flexibility index (Phi) is 7.64. The molecule has 9 heteroatoms. The molecule has 1 unspecified atom stereocenters. The number of rotatable bonds is 9. The van der Waals surface area contributed by atoms with Gasteiger partial charge in [0, 0.05) is 12.2 Å². The van der Waals surface area contributed by atoms with E-state index in [0.717, 1.165) is 17.1 Å². The van der Waals surface area contributed by atoms with Crippen LogP contribution in [0, 0.1) is 0 Å². The Bertz CT molecular complexity index is 984. The third kappa shape index (κ3) is 5.48. The van der Waals surface area contributed by atoms with E-state index in [2.05, 4.69) is 22.4 Å². The van der Waals surface area contributed by atoms with Gasteiger partial charge in [-0.25, -0.2) is 0 Å². The maximum Gasteiger partial charge on any atom is 0.317 e. The summed E-state index contributed by atoms with van der Waals surface area (Å²) in [4.78, 5) is 25.5. The van der Waals surface area contributed by atoms with Crippen molar-refractivity contribution in [2.24, 2.45) is 0 Å². The van der Waals surface area contributed by atoms with Crippen LogP contribution < -0.4 is 5.32 Å². The van der Waals surface area contributed by atoms with Gasteiger partial charge in [0.2, 0.25) is 0 Å². The molecule has 0 saturated carbocycles. The van der Waals surface area contributed by atoms with E-state index in [1.807, 2.05) is 53.3 Å².